The second kappa shape index (κ2) is 8.06. The molecule has 0 heterocycles. The van der Waals surface area contributed by atoms with Crippen LogP contribution in [0.25, 0.3) is 0 Å². The number of nitrogens with one attached hydrogen (secondary N) is 2. The predicted molar refractivity (Wildman–Crippen MR) is 89.6 cm³/mol. The van der Waals surface area contributed by atoms with Crippen LogP contribution in [0.2, 0.25) is 0 Å². The number of hydrogen-bond donors (Lipinski definition) is 2. The molecule has 122 valence electrons. The van der Waals surface area contributed by atoms with Crippen molar-refractivity contribution in [1.29, 1.82) is 0 Å². The minimum atomic E-state index is -0.0758. The third kappa shape index (κ3) is 4.65. The van der Waals surface area contributed by atoms with Crippen molar-refractivity contribution in [1.82, 2.24) is 10.6 Å². The summed E-state index contributed by atoms with van der Waals surface area (Å²) in [6, 6.07) is 4.44. The Morgan fingerprint density at radius 2 is 1.82 bits per heavy atom. The molecule has 1 aromatic rings. The first kappa shape index (κ1) is 16.7. The van der Waals surface area contributed by atoms with Crippen LogP contribution in [0, 0.1) is 20.8 Å². The minimum absolute atomic E-state index is 0.0758. The molecule has 1 aliphatic carbocycles. The highest BCUT2D eigenvalue weighted by atomic mass is 16.5. The smallest absolute Gasteiger partial charge is 0.315 e. The van der Waals surface area contributed by atoms with E-state index in [0.717, 1.165) is 24.2 Å². The van der Waals surface area contributed by atoms with Gasteiger partial charge in [0.1, 0.15) is 12.4 Å². The summed E-state index contributed by atoms with van der Waals surface area (Å²) in [5.74, 6) is 0.939. The molecule has 1 fully saturated rings. The van der Waals surface area contributed by atoms with Gasteiger partial charge in [-0.05, 0) is 50.3 Å². The van der Waals surface area contributed by atoms with Crippen LogP contribution in [0.1, 0.15) is 48.8 Å². The Morgan fingerprint density at radius 3 is 2.55 bits per heavy atom. The molecule has 0 saturated heterocycles. The molecule has 1 saturated carbocycles. The summed E-state index contributed by atoms with van der Waals surface area (Å²) < 4.78 is 5.85. The van der Waals surface area contributed by atoms with Gasteiger partial charge in [0, 0.05) is 6.04 Å². The molecule has 0 atom stereocenters. The zero-order valence-electron chi connectivity index (χ0n) is 14.0. The first-order chi connectivity index (χ1) is 10.6. The van der Waals surface area contributed by atoms with Crippen LogP contribution in [0.5, 0.6) is 5.75 Å². The van der Waals surface area contributed by atoms with Gasteiger partial charge in [-0.15, -0.1) is 0 Å². The number of urea groups is 1. The van der Waals surface area contributed by atoms with Gasteiger partial charge >= 0.3 is 6.03 Å². The fourth-order valence-corrected chi connectivity index (χ4v) is 2.95. The van der Waals surface area contributed by atoms with Crippen LogP contribution < -0.4 is 15.4 Å². The maximum atomic E-state index is 11.8. The standard InChI is InChI=1S/C18H28N2O2/c1-13-9-10-14(2)17(15(13)3)22-12-11-19-18(21)20-16-7-5-4-6-8-16/h9-10,16H,4-8,11-12H2,1-3H3,(H2,19,20,21). The molecule has 4 nitrogen and oxygen atoms in total. The molecule has 1 aromatic carbocycles. The van der Waals surface area contributed by atoms with Crippen molar-refractivity contribution < 1.29 is 9.53 Å². The summed E-state index contributed by atoms with van der Waals surface area (Å²) in [4.78, 5) is 11.8. The van der Waals surface area contributed by atoms with Crippen LogP contribution >= 0.6 is 0 Å². The van der Waals surface area contributed by atoms with Crippen molar-refractivity contribution >= 4 is 6.03 Å². The Hall–Kier alpha value is -1.71. The fourth-order valence-electron chi connectivity index (χ4n) is 2.95. The van der Waals surface area contributed by atoms with Gasteiger partial charge in [0.2, 0.25) is 0 Å². The van der Waals surface area contributed by atoms with E-state index < -0.39 is 0 Å². The molecule has 22 heavy (non-hydrogen) atoms. The largest absolute Gasteiger partial charge is 0.491 e. The van der Waals surface area contributed by atoms with Crippen molar-refractivity contribution in [2.45, 2.75) is 58.9 Å². The lowest BCUT2D eigenvalue weighted by molar-refractivity contribution is 0.228. The number of amides is 2. The summed E-state index contributed by atoms with van der Waals surface area (Å²) in [5.41, 5.74) is 3.53. The van der Waals surface area contributed by atoms with Crippen molar-refractivity contribution in [3.05, 3.63) is 28.8 Å². The van der Waals surface area contributed by atoms with Gasteiger partial charge in [-0.3, -0.25) is 0 Å². The average Bonchev–Trinajstić information content (AvgIpc) is 2.51. The summed E-state index contributed by atoms with van der Waals surface area (Å²) >= 11 is 0. The highest BCUT2D eigenvalue weighted by Gasteiger charge is 2.15. The average molecular weight is 304 g/mol. The lowest BCUT2D eigenvalue weighted by Gasteiger charge is -2.23. The van der Waals surface area contributed by atoms with Crippen molar-refractivity contribution in [3.63, 3.8) is 0 Å². The Bertz CT molecular complexity index is 508. The Morgan fingerprint density at radius 1 is 1.14 bits per heavy atom. The second-order valence-electron chi connectivity index (χ2n) is 6.24. The highest BCUT2D eigenvalue weighted by molar-refractivity contribution is 5.74. The van der Waals surface area contributed by atoms with Gasteiger partial charge in [0.15, 0.2) is 0 Å². The third-order valence-electron chi connectivity index (χ3n) is 4.45. The molecule has 0 unspecified atom stereocenters. The molecule has 2 N–H and O–H groups in total. The molecular formula is C18H28N2O2. The molecule has 1 aliphatic rings. The first-order valence-corrected chi connectivity index (χ1v) is 8.32. The quantitative estimate of drug-likeness (QED) is 0.816. The fraction of sp³-hybridized carbons (Fsp3) is 0.611. The molecule has 2 rings (SSSR count). The topological polar surface area (TPSA) is 50.4 Å². The van der Waals surface area contributed by atoms with Gasteiger partial charge in [0.05, 0.1) is 6.54 Å². The van der Waals surface area contributed by atoms with Crippen LogP contribution in [0.4, 0.5) is 4.79 Å². The normalized spacial score (nSPS) is 15.4. The van der Waals surface area contributed by atoms with Crippen molar-refractivity contribution in [3.8, 4) is 5.75 Å². The number of hydrogen-bond acceptors (Lipinski definition) is 2. The lowest BCUT2D eigenvalue weighted by Crippen LogP contribution is -2.44. The summed E-state index contributed by atoms with van der Waals surface area (Å²) in [7, 11) is 0. The number of rotatable bonds is 5. The van der Waals surface area contributed by atoms with E-state index in [1.807, 2.05) is 6.92 Å². The van der Waals surface area contributed by atoms with E-state index in [4.69, 9.17) is 4.74 Å². The van der Waals surface area contributed by atoms with Gasteiger partial charge in [0.25, 0.3) is 0 Å². The van der Waals surface area contributed by atoms with Gasteiger partial charge < -0.3 is 15.4 Å². The van der Waals surface area contributed by atoms with E-state index in [0.29, 0.717) is 19.2 Å². The Kier molecular flexibility index (Phi) is 6.10. The SMILES string of the molecule is Cc1ccc(C)c(OCCNC(=O)NC2CCCCC2)c1C. The first-order valence-electron chi connectivity index (χ1n) is 8.32. The minimum Gasteiger partial charge on any atom is -0.491 e. The number of carbonyl (C=O) groups is 1. The highest BCUT2D eigenvalue weighted by Crippen LogP contribution is 2.25. The molecular weight excluding hydrogens is 276 g/mol. The Balaban J connectivity index is 1.70. The molecule has 0 bridgehead atoms. The zero-order chi connectivity index (χ0) is 15.9. The van der Waals surface area contributed by atoms with E-state index in [-0.39, 0.29) is 6.03 Å². The van der Waals surface area contributed by atoms with Gasteiger partial charge in [-0.1, -0.05) is 31.4 Å². The van der Waals surface area contributed by atoms with Crippen LogP contribution in [-0.4, -0.2) is 25.2 Å². The van der Waals surface area contributed by atoms with E-state index in [1.165, 1.54) is 30.4 Å². The van der Waals surface area contributed by atoms with Crippen LogP contribution in [0.15, 0.2) is 12.1 Å². The zero-order valence-corrected chi connectivity index (χ0v) is 14.0. The molecule has 0 spiro atoms. The number of carbonyl (C=O) groups excluding carboxylic acids is 1. The van der Waals surface area contributed by atoms with Crippen molar-refractivity contribution in [2.75, 3.05) is 13.2 Å². The number of benzene rings is 1. The maximum Gasteiger partial charge on any atom is 0.315 e. The molecule has 0 radical (unpaired) electrons. The van der Waals surface area contributed by atoms with Crippen LogP contribution in [-0.2, 0) is 0 Å². The summed E-state index contributed by atoms with van der Waals surface area (Å²) in [6.07, 6.45) is 5.94. The van der Waals surface area contributed by atoms with Gasteiger partial charge in [-0.25, -0.2) is 4.79 Å². The lowest BCUT2D eigenvalue weighted by atomic mass is 9.96. The molecule has 0 aromatic heterocycles. The van der Waals surface area contributed by atoms with E-state index in [1.54, 1.807) is 0 Å². The van der Waals surface area contributed by atoms with Gasteiger partial charge in [-0.2, -0.15) is 0 Å². The maximum absolute atomic E-state index is 11.8. The summed E-state index contributed by atoms with van der Waals surface area (Å²) in [6.45, 7) is 7.21. The molecule has 0 aliphatic heterocycles. The van der Waals surface area contributed by atoms with E-state index >= 15 is 0 Å². The predicted octanol–water partition coefficient (Wildman–Crippen LogP) is 3.62. The summed E-state index contributed by atoms with van der Waals surface area (Å²) in [5, 5.41) is 5.92. The van der Waals surface area contributed by atoms with Crippen molar-refractivity contribution in [2.24, 2.45) is 0 Å². The van der Waals surface area contributed by atoms with E-state index in [2.05, 4.69) is 36.6 Å². The number of ether oxygens (including phenoxy) is 1. The molecule has 2 amide bonds. The van der Waals surface area contributed by atoms with Crippen LogP contribution in [0.3, 0.4) is 0 Å². The molecule has 4 heteroatoms. The number of aryl methyl sites for hydroxylation is 2. The third-order valence-corrected chi connectivity index (χ3v) is 4.45. The van der Waals surface area contributed by atoms with E-state index in [9.17, 15) is 4.79 Å². The Labute approximate surface area is 133 Å². The second-order valence-corrected chi connectivity index (χ2v) is 6.24. The monoisotopic (exact) mass is 304 g/mol.